The van der Waals surface area contributed by atoms with Gasteiger partial charge in [0.15, 0.2) is 0 Å². The summed E-state index contributed by atoms with van der Waals surface area (Å²) in [6, 6.07) is 6.16. The maximum absolute atomic E-state index is 5.44. The van der Waals surface area contributed by atoms with Crippen molar-refractivity contribution < 1.29 is 4.74 Å². The van der Waals surface area contributed by atoms with Gasteiger partial charge < -0.3 is 15.0 Å². The van der Waals surface area contributed by atoms with E-state index in [0.717, 1.165) is 28.4 Å². The summed E-state index contributed by atoms with van der Waals surface area (Å²) >= 11 is 3.53. The molecule has 1 N–H and O–H groups in total. The Morgan fingerprint density at radius 3 is 2.79 bits per heavy atom. The Morgan fingerprint density at radius 1 is 1.37 bits per heavy atom. The number of anilines is 1. The molecule has 1 saturated heterocycles. The van der Waals surface area contributed by atoms with Crippen molar-refractivity contribution in [2.24, 2.45) is 5.92 Å². The van der Waals surface area contributed by atoms with Gasteiger partial charge in [-0.25, -0.2) is 0 Å². The number of piperidine rings is 1. The van der Waals surface area contributed by atoms with Gasteiger partial charge in [-0.05, 0) is 56.5 Å². The topological polar surface area (TPSA) is 24.5 Å². The first kappa shape index (κ1) is 14.7. The van der Waals surface area contributed by atoms with Crippen molar-refractivity contribution in [2.75, 3.05) is 38.7 Å². The van der Waals surface area contributed by atoms with Crippen molar-refractivity contribution >= 4 is 21.6 Å². The number of rotatable bonds is 5. The molecule has 1 aliphatic heterocycles. The first-order valence-corrected chi connectivity index (χ1v) is 7.75. The highest BCUT2D eigenvalue weighted by Gasteiger charge is 2.15. The third-order valence-electron chi connectivity index (χ3n) is 3.88. The van der Waals surface area contributed by atoms with Crippen LogP contribution in [0.2, 0.25) is 0 Å². The van der Waals surface area contributed by atoms with Crippen LogP contribution < -0.4 is 15.0 Å². The zero-order chi connectivity index (χ0) is 13.7. The Bertz CT molecular complexity index is 405. The van der Waals surface area contributed by atoms with Crippen LogP contribution in [0.15, 0.2) is 22.7 Å². The van der Waals surface area contributed by atoms with Crippen LogP contribution in [0, 0.1) is 5.92 Å². The van der Waals surface area contributed by atoms with Gasteiger partial charge in [-0.2, -0.15) is 0 Å². The van der Waals surface area contributed by atoms with Crippen molar-refractivity contribution in [3.63, 3.8) is 0 Å². The van der Waals surface area contributed by atoms with Gasteiger partial charge in [0.1, 0.15) is 5.75 Å². The lowest BCUT2D eigenvalue weighted by atomic mass is 9.94. The van der Waals surface area contributed by atoms with Crippen molar-refractivity contribution in [1.82, 2.24) is 5.32 Å². The SMILES string of the molecule is COc1ccc(Br)cc1N(C)CCC1CCNCC1. The average molecular weight is 327 g/mol. The first-order chi connectivity index (χ1) is 9.20. The molecule has 0 aromatic heterocycles. The Balaban J connectivity index is 1.94. The van der Waals surface area contributed by atoms with E-state index in [4.69, 9.17) is 4.74 Å². The third-order valence-corrected chi connectivity index (χ3v) is 4.38. The minimum absolute atomic E-state index is 0.863. The number of hydrogen-bond acceptors (Lipinski definition) is 3. The Kier molecular flexibility index (Phi) is 5.52. The maximum Gasteiger partial charge on any atom is 0.142 e. The highest BCUT2D eigenvalue weighted by atomic mass is 79.9. The lowest BCUT2D eigenvalue weighted by Gasteiger charge is -2.27. The van der Waals surface area contributed by atoms with Gasteiger partial charge in [-0.15, -0.1) is 0 Å². The van der Waals surface area contributed by atoms with Gasteiger partial charge in [0.25, 0.3) is 0 Å². The number of hydrogen-bond donors (Lipinski definition) is 1. The summed E-state index contributed by atoms with van der Waals surface area (Å²) in [7, 11) is 3.87. The van der Waals surface area contributed by atoms with E-state index in [-0.39, 0.29) is 0 Å². The number of methoxy groups -OCH3 is 1. The van der Waals surface area contributed by atoms with Crippen molar-refractivity contribution in [3.8, 4) is 5.75 Å². The molecule has 0 bridgehead atoms. The minimum atomic E-state index is 0.863. The van der Waals surface area contributed by atoms with E-state index in [9.17, 15) is 0 Å². The summed E-state index contributed by atoms with van der Waals surface area (Å²) in [4.78, 5) is 2.30. The van der Waals surface area contributed by atoms with Crippen molar-refractivity contribution in [2.45, 2.75) is 19.3 Å². The highest BCUT2D eigenvalue weighted by Crippen LogP contribution is 2.31. The summed E-state index contributed by atoms with van der Waals surface area (Å²) in [5.74, 6) is 1.80. The molecule has 1 fully saturated rings. The quantitative estimate of drug-likeness (QED) is 0.898. The summed E-state index contributed by atoms with van der Waals surface area (Å²) in [6.45, 7) is 3.43. The molecule has 106 valence electrons. The van der Waals surface area contributed by atoms with Crippen LogP contribution in [0.1, 0.15) is 19.3 Å². The minimum Gasteiger partial charge on any atom is -0.495 e. The second kappa shape index (κ2) is 7.15. The Labute approximate surface area is 124 Å². The summed E-state index contributed by atoms with van der Waals surface area (Å²) in [5, 5.41) is 3.42. The van der Waals surface area contributed by atoms with E-state index in [1.54, 1.807) is 7.11 Å². The molecule has 0 spiro atoms. The molecule has 1 aliphatic rings. The lowest BCUT2D eigenvalue weighted by molar-refractivity contribution is 0.356. The van der Waals surface area contributed by atoms with Crippen LogP contribution in [-0.2, 0) is 0 Å². The zero-order valence-corrected chi connectivity index (χ0v) is 13.4. The molecule has 3 nitrogen and oxygen atoms in total. The van der Waals surface area contributed by atoms with Gasteiger partial charge in [0.05, 0.1) is 12.8 Å². The van der Waals surface area contributed by atoms with Crippen molar-refractivity contribution in [3.05, 3.63) is 22.7 Å². The second-order valence-corrected chi connectivity index (χ2v) is 6.14. The number of benzene rings is 1. The van der Waals surface area contributed by atoms with Crippen LogP contribution in [0.25, 0.3) is 0 Å². The molecule has 2 rings (SSSR count). The van der Waals surface area contributed by atoms with E-state index < -0.39 is 0 Å². The second-order valence-electron chi connectivity index (χ2n) is 5.22. The largest absolute Gasteiger partial charge is 0.495 e. The lowest BCUT2D eigenvalue weighted by Crippen LogP contribution is -2.30. The molecular formula is C15H23BrN2O. The van der Waals surface area contributed by atoms with Gasteiger partial charge >= 0.3 is 0 Å². The van der Waals surface area contributed by atoms with Crippen molar-refractivity contribution in [1.29, 1.82) is 0 Å². The fourth-order valence-electron chi connectivity index (χ4n) is 2.63. The molecular weight excluding hydrogens is 304 g/mol. The zero-order valence-electron chi connectivity index (χ0n) is 11.8. The van der Waals surface area contributed by atoms with Crippen LogP contribution in [0.5, 0.6) is 5.75 Å². The fraction of sp³-hybridized carbons (Fsp3) is 0.600. The van der Waals surface area contributed by atoms with E-state index in [0.29, 0.717) is 0 Å². The average Bonchev–Trinajstić information content (AvgIpc) is 2.46. The first-order valence-electron chi connectivity index (χ1n) is 6.96. The van der Waals surface area contributed by atoms with Crippen LogP contribution in [-0.4, -0.2) is 33.8 Å². The molecule has 0 radical (unpaired) electrons. The molecule has 4 heteroatoms. The van der Waals surface area contributed by atoms with Gasteiger partial charge in [0, 0.05) is 18.1 Å². The van der Waals surface area contributed by atoms with Gasteiger partial charge in [-0.1, -0.05) is 15.9 Å². The molecule has 0 unspecified atom stereocenters. The molecule has 1 aromatic rings. The molecule has 0 atom stereocenters. The number of nitrogens with one attached hydrogen (secondary N) is 1. The van der Waals surface area contributed by atoms with E-state index in [1.165, 1.54) is 32.4 Å². The normalized spacial score (nSPS) is 16.4. The summed E-state index contributed by atoms with van der Waals surface area (Å²) in [6.07, 6.45) is 3.88. The Hall–Kier alpha value is -0.740. The molecule has 19 heavy (non-hydrogen) atoms. The fourth-order valence-corrected chi connectivity index (χ4v) is 2.98. The predicted octanol–water partition coefficient (Wildman–Crippen LogP) is 3.28. The molecule has 0 saturated carbocycles. The predicted molar refractivity (Wildman–Crippen MR) is 84.2 cm³/mol. The summed E-state index contributed by atoms with van der Waals surface area (Å²) < 4.78 is 6.54. The standard InChI is InChI=1S/C15H23BrN2O/c1-18(10-7-12-5-8-17-9-6-12)14-11-13(16)3-4-15(14)19-2/h3-4,11-12,17H,5-10H2,1-2H3. The number of nitrogens with zero attached hydrogens (tertiary/aromatic N) is 1. The van der Waals surface area contributed by atoms with Crippen LogP contribution >= 0.6 is 15.9 Å². The van der Waals surface area contributed by atoms with E-state index >= 15 is 0 Å². The van der Waals surface area contributed by atoms with Crippen LogP contribution in [0.3, 0.4) is 0 Å². The highest BCUT2D eigenvalue weighted by molar-refractivity contribution is 9.10. The third kappa shape index (κ3) is 4.11. The van der Waals surface area contributed by atoms with Crippen LogP contribution in [0.4, 0.5) is 5.69 Å². The van der Waals surface area contributed by atoms with E-state index in [2.05, 4.69) is 39.3 Å². The van der Waals surface area contributed by atoms with E-state index in [1.807, 2.05) is 12.1 Å². The molecule has 0 amide bonds. The number of ether oxygens (including phenoxy) is 1. The molecule has 1 heterocycles. The molecule has 0 aliphatic carbocycles. The summed E-state index contributed by atoms with van der Waals surface area (Å²) in [5.41, 5.74) is 1.16. The maximum atomic E-state index is 5.44. The molecule has 1 aromatic carbocycles. The Morgan fingerprint density at radius 2 is 2.11 bits per heavy atom. The monoisotopic (exact) mass is 326 g/mol. The number of halogens is 1. The van der Waals surface area contributed by atoms with Gasteiger partial charge in [0.2, 0.25) is 0 Å². The van der Waals surface area contributed by atoms with Gasteiger partial charge in [-0.3, -0.25) is 0 Å². The smallest absolute Gasteiger partial charge is 0.142 e.